The van der Waals surface area contributed by atoms with Crippen molar-refractivity contribution in [1.82, 2.24) is 10.6 Å². The molecular weight excluding hydrogens is 310 g/mol. The van der Waals surface area contributed by atoms with Gasteiger partial charge in [-0.2, -0.15) is 0 Å². The lowest BCUT2D eigenvalue weighted by molar-refractivity contribution is 0.0948. The standard InChI is InChI=1S/C11H14BrFN2O.ClH/c1-14-6-3-7-15-11(16)10-8(12)4-2-5-9(10)13;/h2,4-5,14H,3,6-7H2,1H3,(H,15,16);1H. The summed E-state index contributed by atoms with van der Waals surface area (Å²) < 4.78 is 13.8. The first-order valence-electron chi connectivity index (χ1n) is 5.03. The first kappa shape index (κ1) is 16.4. The second-order valence-corrected chi connectivity index (χ2v) is 4.16. The largest absolute Gasteiger partial charge is 0.352 e. The highest BCUT2D eigenvalue weighted by atomic mass is 79.9. The maximum atomic E-state index is 13.4. The molecule has 1 amide bonds. The van der Waals surface area contributed by atoms with Gasteiger partial charge in [-0.1, -0.05) is 6.07 Å². The lowest BCUT2D eigenvalue weighted by Gasteiger charge is -2.07. The van der Waals surface area contributed by atoms with Gasteiger partial charge < -0.3 is 10.6 Å². The number of carbonyl (C=O) groups excluding carboxylic acids is 1. The minimum absolute atomic E-state index is 0. The second kappa shape index (κ2) is 8.44. The van der Waals surface area contributed by atoms with Crippen LogP contribution in [0.4, 0.5) is 4.39 Å². The van der Waals surface area contributed by atoms with Gasteiger partial charge in [0, 0.05) is 11.0 Å². The van der Waals surface area contributed by atoms with Crippen molar-refractivity contribution < 1.29 is 9.18 Å². The van der Waals surface area contributed by atoms with E-state index < -0.39 is 5.82 Å². The molecule has 6 heteroatoms. The van der Waals surface area contributed by atoms with E-state index >= 15 is 0 Å². The molecule has 0 spiro atoms. The van der Waals surface area contributed by atoms with Crippen LogP contribution in [0.3, 0.4) is 0 Å². The molecule has 0 heterocycles. The number of carbonyl (C=O) groups is 1. The van der Waals surface area contributed by atoms with Crippen molar-refractivity contribution in [3.05, 3.63) is 34.1 Å². The van der Waals surface area contributed by atoms with Crippen molar-refractivity contribution in [1.29, 1.82) is 0 Å². The zero-order valence-electron chi connectivity index (χ0n) is 9.43. The molecule has 0 radical (unpaired) electrons. The number of hydrogen-bond donors (Lipinski definition) is 2. The molecule has 0 fully saturated rings. The van der Waals surface area contributed by atoms with Gasteiger partial charge in [-0.05, 0) is 48.1 Å². The summed E-state index contributed by atoms with van der Waals surface area (Å²) in [7, 11) is 1.84. The number of nitrogens with one attached hydrogen (secondary N) is 2. The number of rotatable bonds is 5. The first-order chi connectivity index (χ1) is 7.66. The van der Waals surface area contributed by atoms with Crippen LogP contribution >= 0.6 is 28.3 Å². The normalized spacial score (nSPS) is 9.59. The van der Waals surface area contributed by atoms with Crippen LogP contribution in [0.25, 0.3) is 0 Å². The van der Waals surface area contributed by atoms with Gasteiger partial charge >= 0.3 is 0 Å². The summed E-state index contributed by atoms with van der Waals surface area (Å²) in [5.74, 6) is -0.901. The zero-order valence-corrected chi connectivity index (χ0v) is 11.8. The van der Waals surface area contributed by atoms with Crippen LogP contribution in [0.15, 0.2) is 22.7 Å². The van der Waals surface area contributed by atoms with E-state index in [0.29, 0.717) is 11.0 Å². The van der Waals surface area contributed by atoms with Crippen molar-refractivity contribution in [2.45, 2.75) is 6.42 Å². The Hall–Kier alpha value is -0.650. The van der Waals surface area contributed by atoms with E-state index in [1.54, 1.807) is 12.1 Å². The molecule has 3 nitrogen and oxygen atoms in total. The van der Waals surface area contributed by atoms with Gasteiger partial charge in [0.1, 0.15) is 5.82 Å². The summed E-state index contributed by atoms with van der Waals surface area (Å²) in [6.45, 7) is 1.35. The van der Waals surface area contributed by atoms with E-state index in [-0.39, 0.29) is 23.9 Å². The van der Waals surface area contributed by atoms with Gasteiger partial charge in [0.05, 0.1) is 5.56 Å². The molecule has 1 aromatic carbocycles. The van der Waals surface area contributed by atoms with Crippen LogP contribution in [-0.4, -0.2) is 26.0 Å². The Bertz CT molecular complexity index is 356. The van der Waals surface area contributed by atoms with Crippen molar-refractivity contribution in [2.75, 3.05) is 20.1 Å². The summed E-state index contributed by atoms with van der Waals surface area (Å²) in [4.78, 5) is 11.6. The summed E-state index contributed by atoms with van der Waals surface area (Å²) in [5.41, 5.74) is 0.0620. The Morgan fingerprint density at radius 2 is 2.12 bits per heavy atom. The molecular formula is C11H15BrClFN2O. The minimum Gasteiger partial charge on any atom is -0.352 e. The molecule has 96 valence electrons. The van der Waals surface area contributed by atoms with E-state index in [2.05, 4.69) is 26.6 Å². The number of hydrogen-bond acceptors (Lipinski definition) is 2. The topological polar surface area (TPSA) is 41.1 Å². The summed E-state index contributed by atoms with van der Waals surface area (Å²) in [5, 5.41) is 5.64. The molecule has 0 bridgehead atoms. The van der Waals surface area contributed by atoms with Crippen molar-refractivity contribution in [2.24, 2.45) is 0 Å². The van der Waals surface area contributed by atoms with Crippen LogP contribution in [0, 0.1) is 5.82 Å². The lowest BCUT2D eigenvalue weighted by Crippen LogP contribution is -2.27. The fraction of sp³-hybridized carbons (Fsp3) is 0.364. The summed E-state index contributed by atoms with van der Waals surface area (Å²) in [6.07, 6.45) is 0.814. The predicted octanol–water partition coefficient (Wildman–Crippen LogP) is 2.35. The molecule has 0 aliphatic rings. The van der Waals surface area contributed by atoms with Crippen LogP contribution in [0.1, 0.15) is 16.8 Å². The third-order valence-electron chi connectivity index (χ3n) is 2.08. The van der Waals surface area contributed by atoms with Gasteiger partial charge in [-0.25, -0.2) is 4.39 Å². The van der Waals surface area contributed by atoms with Crippen LogP contribution in [0.5, 0.6) is 0 Å². The first-order valence-corrected chi connectivity index (χ1v) is 5.83. The monoisotopic (exact) mass is 324 g/mol. The Labute approximate surface area is 115 Å². The van der Waals surface area contributed by atoms with Crippen molar-refractivity contribution >= 4 is 34.2 Å². The minimum atomic E-state index is -0.513. The van der Waals surface area contributed by atoms with Gasteiger partial charge in [-0.15, -0.1) is 12.4 Å². The number of benzene rings is 1. The van der Waals surface area contributed by atoms with Gasteiger partial charge in [-0.3, -0.25) is 4.79 Å². The second-order valence-electron chi connectivity index (χ2n) is 3.31. The number of halogens is 3. The highest BCUT2D eigenvalue weighted by Gasteiger charge is 2.14. The fourth-order valence-corrected chi connectivity index (χ4v) is 1.79. The molecule has 17 heavy (non-hydrogen) atoms. The smallest absolute Gasteiger partial charge is 0.255 e. The van der Waals surface area contributed by atoms with Crippen molar-refractivity contribution in [3.8, 4) is 0 Å². The third-order valence-corrected chi connectivity index (χ3v) is 2.74. The average molecular weight is 326 g/mol. The molecule has 2 N–H and O–H groups in total. The lowest BCUT2D eigenvalue weighted by atomic mass is 10.2. The van der Waals surface area contributed by atoms with E-state index in [1.165, 1.54) is 6.07 Å². The SMILES string of the molecule is CNCCCNC(=O)c1c(F)cccc1Br.Cl. The molecule has 0 atom stereocenters. The predicted molar refractivity (Wildman–Crippen MR) is 72.2 cm³/mol. The summed E-state index contributed by atoms with van der Waals surface area (Å²) >= 11 is 3.16. The van der Waals surface area contributed by atoms with Gasteiger partial charge in [0.25, 0.3) is 5.91 Å². The Balaban J connectivity index is 0.00000256. The molecule has 0 aliphatic heterocycles. The quantitative estimate of drug-likeness (QED) is 0.816. The molecule has 1 aromatic rings. The Kier molecular flexibility index (Phi) is 8.12. The fourth-order valence-electron chi connectivity index (χ4n) is 1.27. The molecule has 0 aliphatic carbocycles. The van der Waals surface area contributed by atoms with Crippen molar-refractivity contribution in [3.63, 3.8) is 0 Å². The zero-order chi connectivity index (χ0) is 12.0. The third kappa shape index (κ3) is 5.02. The molecule has 1 rings (SSSR count). The molecule has 0 saturated heterocycles. The highest BCUT2D eigenvalue weighted by molar-refractivity contribution is 9.10. The highest BCUT2D eigenvalue weighted by Crippen LogP contribution is 2.19. The summed E-state index contributed by atoms with van der Waals surface area (Å²) in [6, 6.07) is 4.47. The van der Waals surface area contributed by atoms with Gasteiger partial charge in [0.2, 0.25) is 0 Å². The van der Waals surface area contributed by atoms with Crippen LogP contribution < -0.4 is 10.6 Å². The average Bonchev–Trinajstić information content (AvgIpc) is 2.24. The Morgan fingerprint density at radius 3 is 2.71 bits per heavy atom. The maximum absolute atomic E-state index is 13.4. The molecule has 0 unspecified atom stereocenters. The Morgan fingerprint density at radius 1 is 1.41 bits per heavy atom. The van der Waals surface area contributed by atoms with E-state index in [9.17, 15) is 9.18 Å². The van der Waals surface area contributed by atoms with E-state index in [0.717, 1.165) is 13.0 Å². The maximum Gasteiger partial charge on any atom is 0.255 e. The van der Waals surface area contributed by atoms with Gasteiger partial charge in [0.15, 0.2) is 0 Å². The van der Waals surface area contributed by atoms with E-state index in [4.69, 9.17) is 0 Å². The van der Waals surface area contributed by atoms with Crippen LogP contribution in [-0.2, 0) is 0 Å². The molecule has 0 saturated carbocycles. The van der Waals surface area contributed by atoms with Crippen LogP contribution in [0.2, 0.25) is 0 Å². The van der Waals surface area contributed by atoms with E-state index in [1.807, 2.05) is 7.05 Å². The number of amides is 1. The molecule has 0 aromatic heterocycles.